The molecule has 0 bridgehead atoms. The first-order valence-corrected chi connectivity index (χ1v) is 9.14. The van der Waals surface area contributed by atoms with E-state index in [2.05, 4.69) is 20.5 Å². The Morgan fingerprint density at radius 1 is 0.857 bits per heavy atom. The van der Waals surface area contributed by atoms with Gasteiger partial charge >= 0.3 is 0 Å². The molecule has 28 heavy (non-hydrogen) atoms. The van der Waals surface area contributed by atoms with E-state index in [0.29, 0.717) is 12.4 Å². The molecule has 0 aliphatic carbocycles. The van der Waals surface area contributed by atoms with Crippen LogP contribution in [0.15, 0.2) is 84.0 Å². The number of hydrogen-bond acceptors (Lipinski definition) is 5. The number of hydrazone groups is 1. The molecule has 0 radical (unpaired) electrons. The van der Waals surface area contributed by atoms with Crippen molar-refractivity contribution in [2.45, 2.75) is 6.61 Å². The standard InChI is InChI=1S/C22H17ClN4O/c23-21-22(26-20-9-5-4-8-19(20)25-21)27-24-14-16-10-12-18(13-11-16)28-15-17-6-2-1-3-7-17/h1-14H,15H2,(H,26,27)/b24-14+. The highest BCUT2D eigenvalue weighted by atomic mass is 35.5. The number of nitrogens with zero attached hydrogens (tertiary/aromatic N) is 3. The van der Waals surface area contributed by atoms with Gasteiger partial charge in [0.2, 0.25) is 0 Å². The van der Waals surface area contributed by atoms with Crippen LogP contribution in [0.5, 0.6) is 5.75 Å². The number of halogens is 1. The summed E-state index contributed by atoms with van der Waals surface area (Å²) in [6, 6.07) is 25.3. The SMILES string of the molecule is Clc1nc2ccccc2nc1N/N=C/c1ccc(OCc2ccccc2)cc1. The van der Waals surface area contributed by atoms with Crippen LogP contribution in [0.1, 0.15) is 11.1 Å². The third-order valence-electron chi connectivity index (χ3n) is 4.04. The molecule has 0 saturated heterocycles. The van der Waals surface area contributed by atoms with Crippen LogP contribution < -0.4 is 10.2 Å². The van der Waals surface area contributed by atoms with E-state index in [1.54, 1.807) is 6.21 Å². The van der Waals surface area contributed by atoms with Gasteiger partial charge in [0.25, 0.3) is 0 Å². The molecule has 5 nitrogen and oxygen atoms in total. The second kappa shape index (κ2) is 8.50. The molecule has 0 saturated carbocycles. The Kier molecular flexibility index (Phi) is 5.45. The Labute approximate surface area is 167 Å². The number of ether oxygens (including phenoxy) is 1. The molecule has 0 unspecified atom stereocenters. The van der Waals surface area contributed by atoms with E-state index >= 15 is 0 Å². The van der Waals surface area contributed by atoms with E-state index in [9.17, 15) is 0 Å². The third kappa shape index (κ3) is 4.45. The fourth-order valence-corrected chi connectivity index (χ4v) is 2.78. The molecule has 1 aromatic heterocycles. The zero-order valence-corrected chi connectivity index (χ0v) is 15.7. The zero-order chi connectivity index (χ0) is 19.2. The van der Waals surface area contributed by atoms with Crippen LogP contribution in [-0.2, 0) is 6.61 Å². The Hall–Kier alpha value is -3.44. The van der Waals surface area contributed by atoms with Gasteiger partial charge in [-0.05, 0) is 47.5 Å². The van der Waals surface area contributed by atoms with Crippen LogP contribution >= 0.6 is 11.6 Å². The summed E-state index contributed by atoms with van der Waals surface area (Å²) in [7, 11) is 0. The van der Waals surface area contributed by atoms with Gasteiger partial charge in [-0.15, -0.1) is 0 Å². The zero-order valence-electron chi connectivity index (χ0n) is 14.9. The first-order chi connectivity index (χ1) is 13.8. The van der Waals surface area contributed by atoms with Crippen molar-refractivity contribution in [3.8, 4) is 5.75 Å². The van der Waals surface area contributed by atoms with Crippen LogP contribution in [0, 0.1) is 0 Å². The van der Waals surface area contributed by atoms with E-state index in [0.717, 1.165) is 27.9 Å². The molecule has 138 valence electrons. The quantitative estimate of drug-likeness (QED) is 0.359. The molecule has 3 aromatic carbocycles. The van der Waals surface area contributed by atoms with Gasteiger partial charge in [-0.25, -0.2) is 9.97 Å². The van der Waals surface area contributed by atoms with Crippen LogP contribution in [0.25, 0.3) is 11.0 Å². The lowest BCUT2D eigenvalue weighted by Crippen LogP contribution is -1.97. The molecule has 0 fully saturated rings. The number of rotatable bonds is 6. The first-order valence-electron chi connectivity index (χ1n) is 8.76. The first kappa shape index (κ1) is 17.9. The number of fused-ring (bicyclic) bond motifs is 1. The summed E-state index contributed by atoms with van der Waals surface area (Å²) in [6.07, 6.45) is 1.69. The number of anilines is 1. The van der Waals surface area contributed by atoms with Gasteiger partial charge < -0.3 is 4.74 Å². The molecule has 6 heteroatoms. The molecule has 0 aliphatic heterocycles. The Bertz CT molecular complexity index is 1100. The van der Waals surface area contributed by atoms with Crippen molar-refractivity contribution < 1.29 is 4.74 Å². The monoisotopic (exact) mass is 388 g/mol. The molecule has 1 N–H and O–H groups in total. The minimum absolute atomic E-state index is 0.278. The number of para-hydroxylation sites is 2. The van der Waals surface area contributed by atoms with Crippen molar-refractivity contribution in [2.24, 2.45) is 5.10 Å². The summed E-state index contributed by atoms with van der Waals surface area (Å²) >= 11 is 6.16. The predicted octanol–water partition coefficient (Wildman–Crippen LogP) is 5.31. The average molecular weight is 389 g/mol. The molecule has 4 aromatic rings. The lowest BCUT2D eigenvalue weighted by Gasteiger charge is -2.06. The van der Waals surface area contributed by atoms with Gasteiger partial charge in [0.1, 0.15) is 12.4 Å². The maximum Gasteiger partial charge on any atom is 0.185 e. The molecular weight excluding hydrogens is 372 g/mol. The van der Waals surface area contributed by atoms with Gasteiger partial charge in [-0.1, -0.05) is 54.1 Å². The van der Waals surface area contributed by atoms with Gasteiger partial charge in [-0.2, -0.15) is 5.10 Å². The van der Waals surface area contributed by atoms with Gasteiger partial charge in [0.05, 0.1) is 17.2 Å². The molecule has 0 aliphatic rings. The van der Waals surface area contributed by atoms with E-state index < -0.39 is 0 Å². The Morgan fingerprint density at radius 3 is 2.29 bits per heavy atom. The van der Waals surface area contributed by atoms with E-state index in [1.165, 1.54) is 0 Å². The molecule has 0 spiro atoms. The second-order valence-corrected chi connectivity index (χ2v) is 6.42. The van der Waals surface area contributed by atoms with E-state index in [4.69, 9.17) is 16.3 Å². The van der Waals surface area contributed by atoms with Crippen LogP contribution in [0.2, 0.25) is 5.15 Å². The Balaban J connectivity index is 1.38. The fourth-order valence-electron chi connectivity index (χ4n) is 2.61. The summed E-state index contributed by atoms with van der Waals surface area (Å²) in [5.74, 6) is 1.22. The van der Waals surface area contributed by atoms with Crippen molar-refractivity contribution in [3.05, 3.63) is 95.1 Å². The minimum atomic E-state index is 0.278. The highest BCUT2D eigenvalue weighted by Gasteiger charge is 2.05. The molecule has 0 amide bonds. The van der Waals surface area contributed by atoms with Crippen molar-refractivity contribution in [2.75, 3.05) is 5.43 Å². The van der Waals surface area contributed by atoms with Crippen molar-refractivity contribution in [3.63, 3.8) is 0 Å². The number of hydrogen-bond donors (Lipinski definition) is 1. The number of benzene rings is 3. The van der Waals surface area contributed by atoms with Gasteiger partial charge in [0, 0.05) is 0 Å². The second-order valence-electron chi connectivity index (χ2n) is 6.07. The predicted molar refractivity (Wildman–Crippen MR) is 113 cm³/mol. The fraction of sp³-hybridized carbons (Fsp3) is 0.0455. The van der Waals surface area contributed by atoms with Crippen molar-refractivity contribution in [1.82, 2.24) is 9.97 Å². The van der Waals surface area contributed by atoms with Crippen LogP contribution in [0.4, 0.5) is 5.82 Å². The van der Waals surface area contributed by atoms with Gasteiger partial charge in [0.15, 0.2) is 11.0 Å². The van der Waals surface area contributed by atoms with Gasteiger partial charge in [-0.3, -0.25) is 5.43 Å². The maximum atomic E-state index is 6.16. The lowest BCUT2D eigenvalue weighted by atomic mass is 10.2. The number of nitrogens with one attached hydrogen (secondary N) is 1. The summed E-state index contributed by atoms with van der Waals surface area (Å²) in [5.41, 5.74) is 6.40. The van der Waals surface area contributed by atoms with Crippen LogP contribution in [-0.4, -0.2) is 16.2 Å². The largest absolute Gasteiger partial charge is 0.489 e. The highest BCUT2D eigenvalue weighted by molar-refractivity contribution is 6.32. The number of aromatic nitrogens is 2. The molecule has 1 heterocycles. The molecular formula is C22H17ClN4O. The topological polar surface area (TPSA) is 59.4 Å². The minimum Gasteiger partial charge on any atom is -0.489 e. The van der Waals surface area contributed by atoms with E-state index in [1.807, 2.05) is 78.9 Å². The smallest absolute Gasteiger partial charge is 0.185 e. The lowest BCUT2D eigenvalue weighted by molar-refractivity contribution is 0.306. The summed E-state index contributed by atoms with van der Waals surface area (Å²) in [4.78, 5) is 8.74. The van der Waals surface area contributed by atoms with Crippen molar-refractivity contribution >= 4 is 34.7 Å². The Morgan fingerprint density at radius 2 is 1.54 bits per heavy atom. The van der Waals surface area contributed by atoms with Crippen molar-refractivity contribution in [1.29, 1.82) is 0 Å². The van der Waals surface area contributed by atoms with Crippen LogP contribution in [0.3, 0.4) is 0 Å². The normalized spacial score (nSPS) is 11.0. The summed E-state index contributed by atoms with van der Waals surface area (Å²) in [5, 5.41) is 4.48. The highest BCUT2D eigenvalue weighted by Crippen LogP contribution is 2.21. The summed E-state index contributed by atoms with van der Waals surface area (Å²) in [6.45, 7) is 0.537. The molecule has 0 atom stereocenters. The van der Waals surface area contributed by atoms with E-state index in [-0.39, 0.29) is 5.15 Å². The summed E-state index contributed by atoms with van der Waals surface area (Å²) < 4.78 is 5.78. The third-order valence-corrected chi connectivity index (χ3v) is 4.30. The molecule has 4 rings (SSSR count). The average Bonchev–Trinajstić information content (AvgIpc) is 2.74. The maximum absolute atomic E-state index is 6.16.